The number of rotatable bonds is 2. The summed E-state index contributed by atoms with van der Waals surface area (Å²) in [6, 6.07) is 1.82. The maximum Gasteiger partial charge on any atom is 0.266 e. The van der Waals surface area contributed by atoms with E-state index in [1.807, 2.05) is 24.8 Å². The molecule has 0 saturated carbocycles. The molecular weight excluding hydrogens is 374 g/mol. The second-order valence-corrected chi connectivity index (χ2v) is 8.62. The summed E-state index contributed by atoms with van der Waals surface area (Å²) in [4.78, 5) is 27.4. The number of fused-ring (bicyclic) bond motifs is 2. The first-order chi connectivity index (χ1) is 13.5. The highest BCUT2D eigenvalue weighted by Crippen LogP contribution is 2.38. The molecule has 0 radical (unpaired) electrons. The van der Waals surface area contributed by atoms with Gasteiger partial charge in [-0.1, -0.05) is 0 Å². The molecule has 144 valence electrons. The summed E-state index contributed by atoms with van der Waals surface area (Å²) in [6.07, 6.45) is 3.53. The molecule has 2 atom stereocenters. The van der Waals surface area contributed by atoms with Gasteiger partial charge in [-0.05, 0) is 25.5 Å². The number of nitrogens with zero attached hydrogens (tertiary/aromatic N) is 6. The number of aromatic nitrogens is 4. The van der Waals surface area contributed by atoms with Gasteiger partial charge in [0.15, 0.2) is 0 Å². The van der Waals surface area contributed by atoms with E-state index >= 15 is 0 Å². The minimum atomic E-state index is 0.00876. The SMILES string of the molecule is Cc1nnc2sc(C(=O)N3CC4CN(c5ncccn5)CC4C3)c(N)c2c1C. The predicted octanol–water partition coefficient (Wildman–Crippen LogP) is 1.89. The first kappa shape index (κ1) is 17.3. The molecular formula is C19H21N7OS. The van der Waals surface area contributed by atoms with Crippen LogP contribution in [0.1, 0.15) is 20.9 Å². The summed E-state index contributed by atoms with van der Waals surface area (Å²) in [7, 11) is 0. The van der Waals surface area contributed by atoms with Gasteiger partial charge in [-0.25, -0.2) is 9.97 Å². The third kappa shape index (κ3) is 2.61. The van der Waals surface area contributed by atoms with Gasteiger partial charge in [0.25, 0.3) is 5.91 Å². The summed E-state index contributed by atoms with van der Waals surface area (Å²) in [5, 5.41) is 9.26. The van der Waals surface area contributed by atoms with Gasteiger partial charge in [0.1, 0.15) is 9.71 Å². The fourth-order valence-corrected chi connectivity index (χ4v) is 5.39. The van der Waals surface area contributed by atoms with Gasteiger partial charge in [-0.2, -0.15) is 5.10 Å². The van der Waals surface area contributed by atoms with E-state index in [1.54, 1.807) is 12.4 Å². The van der Waals surface area contributed by atoms with Crippen LogP contribution in [0.4, 0.5) is 11.6 Å². The molecule has 0 aromatic carbocycles. The summed E-state index contributed by atoms with van der Waals surface area (Å²) >= 11 is 1.35. The number of nitrogens with two attached hydrogens (primary N) is 1. The quantitative estimate of drug-likeness (QED) is 0.707. The van der Waals surface area contributed by atoms with Crippen LogP contribution in [0.25, 0.3) is 10.2 Å². The molecule has 28 heavy (non-hydrogen) atoms. The van der Waals surface area contributed by atoms with Crippen molar-refractivity contribution in [1.29, 1.82) is 0 Å². The molecule has 2 aliphatic heterocycles. The number of likely N-dealkylation sites (tertiary alicyclic amines) is 1. The number of thiophene rings is 1. The van der Waals surface area contributed by atoms with Crippen LogP contribution in [0.5, 0.6) is 0 Å². The maximum absolute atomic E-state index is 13.2. The zero-order chi connectivity index (χ0) is 19.4. The third-order valence-corrected chi connectivity index (χ3v) is 7.02. The van der Waals surface area contributed by atoms with Gasteiger partial charge in [0.2, 0.25) is 5.95 Å². The minimum Gasteiger partial charge on any atom is -0.397 e. The van der Waals surface area contributed by atoms with Crippen LogP contribution in [0.15, 0.2) is 18.5 Å². The predicted molar refractivity (Wildman–Crippen MR) is 108 cm³/mol. The Morgan fingerprint density at radius 1 is 1.11 bits per heavy atom. The summed E-state index contributed by atoms with van der Waals surface area (Å²) < 4.78 is 0. The molecule has 5 rings (SSSR count). The van der Waals surface area contributed by atoms with E-state index in [1.165, 1.54) is 11.3 Å². The van der Waals surface area contributed by atoms with Crippen molar-refractivity contribution in [2.45, 2.75) is 13.8 Å². The zero-order valence-electron chi connectivity index (χ0n) is 15.8. The molecule has 0 aliphatic carbocycles. The number of carbonyl (C=O) groups excluding carboxylic acids is 1. The highest BCUT2D eigenvalue weighted by atomic mass is 32.1. The molecule has 2 aliphatic rings. The van der Waals surface area contributed by atoms with Crippen LogP contribution in [0, 0.1) is 25.7 Å². The lowest BCUT2D eigenvalue weighted by Crippen LogP contribution is -2.33. The molecule has 3 aromatic heterocycles. The van der Waals surface area contributed by atoms with Crippen molar-refractivity contribution in [3.05, 3.63) is 34.6 Å². The molecule has 0 bridgehead atoms. The Balaban J connectivity index is 1.36. The highest BCUT2D eigenvalue weighted by Gasteiger charge is 2.43. The molecule has 1 amide bonds. The molecule has 2 N–H and O–H groups in total. The van der Waals surface area contributed by atoms with Crippen LogP contribution in [0.3, 0.4) is 0 Å². The topological polar surface area (TPSA) is 101 Å². The lowest BCUT2D eigenvalue weighted by molar-refractivity contribution is 0.0788. The van der Waals surface area contributed by atoms with Crippen molar-refractivity contribution in [3.63, 3.8) is 0 Å². The Hall–Kier alpha value is -2.81. The van der Waals surface area contributed by atoms with E-state index in [2.05, 4.69) is 25.1 Å². The largest absolute Gasteiger partial charge is 0.397 e. The number of hydrogen-bond donors (Lipinski definition) is 1. The summed E-state index contributed by atoms with van der Waals surface area (Å²) in [5.74, 6) is 1.65. The maximum atomic E-state index is 13.2. The van der Waals surface area contributed by atoms with Gasteiger partial charge in [-0.15, -0.1) is 16.4 Å². The Kier molecular flexibility index (Phi) is 3.94. The van der Waals surface area contributed by atoms with Crippen LogP contribution >= 0.6 is 11.3 Å². The van der Waals surface area contributed by atoms with Crippen molar-refractivity contribution in [2.75, 3.05) is 36.8 Å². The second kappa shape index (κ2) is 6.37. The standard InChI is InChI=1S/C19H21N7OS/c1-10-11(2)23-24-17-14(10)15(20)16(28-17)18(27)25-6-12-8-26(9-13(12)7-25)19-21-4-3-5-22-19/h3-5,12-13H,6-9,20H2,1-2H3. The Labute approximate surface area is 166 Å². The number of carbonyl (C=O) groups is 1. The van der Waals surface area contributed by atoms with Gasteiger partial charge >= 0.3 is 0 Å². The molecule has 2 unspecified atom stereocenters. The number of aryl methyl sites for hydroxylation is 2. The van der Waals surface area contributed by atoms with Crippen LogP contribution in [-0.2, 0) is 0 Å². The number of amides is 1. The molecule has 0 spiro atoms. The average Bonchev–Trinajstić information content (AvgIpc) is 3.37. The first-order valence-electron chi connectivity index (χ1n) is 9.36. The van der Waals surface area contributed by atoms with Gasteiger partial charge in [-0.3, -0.25) is 4.79 Å². The second-order valence-electron chi connectivity index (χ2n) is 7.62. The fraction of sp³-hybridized carbons (Fsp3) is 0.421. The molecule has 8 nitrogen and oxygen atoms in total. The van der Waals surface area contributed by atoms with Crippen LogP contribution in [0.2, 0.25) is 0 Å². The molecule has 3 aromatic rings. The van der Waals surface area contributed by atoms with Crippen LogP contribution in [-0.4, -0.2) is 57.2 Å². The Morgan fingerprint density at radius 3 is 2.46 bits per heavy atom. The van der Waals surface area contributed by atoms with Gasteiger partial charge < -0.3 is 15.5 Å². The molecule has 2 fully saturated rings. The minimum absolute atomic E-state index is 0.00876. The number of nitrogen functional groups attached to an aromatic ring is 1. The van der Waals surface area contributed by atoms with E-state index in [0.717, 1.165) is 53.6 Å². The lowest BCUT2D eigenvalue weighted by Gasteiger charge is -2.21. The van der Waals surface area contributed by atoms with Crippen molar-refractivity contribution in [2.24, 2.45) is 11.8 Å². The Bertz CT molecular complexity index is 1050. The van der Waals surface area contributed by atoms with Crippen molar-refractivity contribution in [3.8, 4) is 0 Å². The monoisotopic (exact) mass is 395 g/mol. The number of hydrogen-bond acceptors (Lipinski definition) is 8. The smallest absolute Gasteiger partial charge is 0.266 e. The fourth-order valence-electron chi connectivity index (χ4n) is 4.32. The zero-order valence-corrected chi connectivity index (χ0v) is 16.6. The third-order valence-electron chi connectivity index (χ3n) is 5.94. The highest BCUT2D eigenvalue weighted by molar-refractivity contribution is 7.21. The van der Waals surface area contributed by atoms with Crippen molar-refractivity contribution < 1.29 is 4.79 Å². The summed E-state index contributed by atoms with van der Waals surface area (Å²) in [5.41, 5.74) is 8.74. The van der Waals surface area contributed by atoms with Crippen molar-refractivity contribution >= 4 is 39.1 Å². The van der Waals surface area contributed by atoms with E-state index in [-0.39, 0.29) is 5.91 Å². The van der Waals surface area contributed by atoms with E-state index in [4.69, 9.17) is 5.73 Å². The molecule has 9 heteroatoms. The van der Waals surface area contributed by atoms with E-state index < -0.39 is 0 Å². The first-order valence-corrected chi connectivity index (χ1v) is 10.2. The normalized spacial score (nSPS) is 21.5. The lowest BCUT2D eigenvalue weighted by atomic mass is 10.0. The van der Waals surface area contributed by atoms with E-state index in [0.29, 0.717) is 22.4 Å². The van der Waals surface area contributed by atoms with Crippen molar-refractivity contribution in [1.82, 2.24) is 25.1 Å². The summed E-state index contributed by atoms with van der Waals surface area (Å²) in [6.45, 7) is 7.12. The Morgan fingerprint density at radius 2 is 1.79 bits per heavy atom. The van der Waals surface area contributed by atoms with Gasteiger partial charge in [0, 0.05) is 55.8 Å². The van der Waals surface area contributed by atoms with Crippen LogP contribution < -0.4 is 10.6 Å². The average molecular weight is 395 g/mol. The van der Waals surface area contributed by atoms with E-state index in [9.17, 15) is 4.79 Å². The molecule has 2 saturated heterocycles. The number of anilines is 2. The van der Waals surface area contributed by atoms with Gasteiger partial charge in [0.05, 0.1) is 11.4 Å². The molecule has 5 heterocycles.